The molecule has 0 spiro atoms. The lowest BCUT2D eigenvalue weighted by Gasteiger charge is -2.23. The highest BCUT2D eigenvalue weighted by molar-refractivity contribution is 8.14. The number of ether oxygens (including phenoxy) is 3. The van der Waals surface area contributed by atoms with Crippen LogP contribution in [0.3, 0.4) is 0 Å². The van der Waals surface area contributed by atoms with Crippen molar-refractivity contribution >= 4 is 22.8 Å². The first-order valence-electron chi connectivity index (χ1n) is 9.89. The molecule has 32 heavy (non-hydrogen) atoms. The van der Waals surface area contributed by atoms with Gasteiger partial charge in [-0.15, -0.1) is 0 Å². The van der Waals surface area contributed by atoms with E-state index < -0.39 is 23.5 Å². The van der Waals surface area contributed by atoms with Gasteiger partial charge >= 0.3 is 5.63 Å². The predicted molar refractivity (Wildman–Crippen MR) is 118 cm³/mol. The molecule has 9 nitrogen and oxygen atoms in total. The Labute approximate surface area is 189 Å². The minimum Gasteiger partial charge on any atom is -0.507 e. The first-order valence-corrected chi connectivity index (χ1v) is 10.9. The van der Waals surface area contributed by atoms with Gasteiger partial charge in [-0.05, 0) is 19.4 Å². The van der Waals surface area contributed by atoms with Crippen LogP contribution in [0, 0.1) is 6.92 Å². The van der Waals surface area contributed by atoms with Crippen molar-refractivity contribution in [1.82, 2.24) is 5.32 Å². The molecule has 172 valence electrons. The summed E-state index contributed by atoms with van der Waals surface area (Å²) >= 11 is 1.17. The first kappa shape index (κ1) is 23.5. The van der Waals surface area contributed by atoms with Crippen molar-refractivity contribution in [3.8, 4) is 23.0 Å². The summed E-state index contributed by atoms with van der Waals surface area (Å²) in [6.07, 6.45) is 0.305. The third-order valence-electron chi connectivity index (χ3n) is 5.21. The Morgan fingerprint density at radius 3 is 2.50 bits per heavy atom. The molecule has 0 radical (unpaired) electrons. The monoisotopic (exact) mass is 463 g/mol. The molecule has 1 amide bonds. The predicted octanol–water partition coefficient (Wildman–Crippen LogP) is 2.35. The van der Waals surface area contributed by atoms with Crippen LogP contribution in [0.2, 0.25) is 0 Å². The highest BCUT2D eigenvalue weighted by Gasteiger charge is 2.33. The number of amides is 1. The van der Waals surface area contributed by atoms with Crippen molar-refractivity contribution in [3.63, 3.8) is 0 Å². The summed E-state index contributed by atoms with van der Waals surface area (Å²) in [7, 11) is 4.33. The van der Waals surface area contributed by atoms with Gasteiger partial charge in [-0.25, -0.2) is 4.79 Å². The summed E-state index contributed by atoms with van der Waals surface area (Å²) in [6, 6.07) is 3.98. The maximum Gasteiger partial charge on any atom is 0.343 e. The van der Waals surface area contributed by atoms with Crippen LogP contribution in [0.5, 0.6) is 23.0 Å². The van der Waals surface area contributed by atoms with E-state index in [1.54, 1.807) is 12.1 Å². The zero-order chi connectivity index (χ0) is 23.4. The number of thioether (sulfide) groups is 1. The molecule has 2 N–H and O–H groups in total. The molecule has 3 rings (SSSR count). The quantitative estimate of drug-likeness (QED) is 0.607. The van der Waals surface area contributed by atoms with Crippen molar-refractivity contribution in [3.05, 3.63) is 45.5 Å². The normalized spacial score (nSPS) is 16.5. The van der Waals surface area contributed by atoms with Crippen LogP contribution < -0.4 is 25.2 Å². The van der Waals surface area contributed by atoms with Crippen molar-refractivity contribution in [1.29, 1.82) is 0 Å². The largest absolute Gasteiger partial charge is 0.507 e. The van der Waals surface area contributed by atoms with Gasteiger partial charge in [-0.1, -0.05) is 17.8 Å². The Kier molecular flexibility index (Phi) is 7.34. The fourth-order valence-electron chi connectivity index (χ4n) is 3.76. The lowest BCUT2D eigenvalue weighted by molar-refractivity contribution is -0.124. The summed E-state index contributed by atoms with van der Waals surface area (Å²) in [4.78, 5) is 37.5. The number of aryl methyl sites for hydroxylation is 1. The molecule has 1 aliphatic rings. The van der Waals surface area contributed by atoms with E-state index in [2.05, 4.69) is 5.32 Å². The number of rotatable bonds is 8. The van der Waals surface area contributed by atoms with E-state index in [9.17, 15) is 19.5 Å². The third kappa shape index (κ3) is 4.69. The van der Waals surface area contributed by atoms with Crippen LogP contribution in [-0.2, 0) is 9.59 Å². The summed E-state index contributed by atoms with van der Waals surface area (Å²) in [6.45, 7) is 1.53. The second-order valence-electron chi connectivity index (χ2n) is 7.20. The number of benzene rings is 1. The molecule has 0 saturated carbocycles. The Balaban J connectivity index is 2.11. The molecule has 10 heteroatoms. The molecule has 2 atom stereocenters. The van der Waals surface area contributed by atoms with Gasteiger partial charge < -0.3 is 29.1 Å². The van der Waals surface area contributed by atoms with E-state index in [0.717, 1.165) is 0 Å². The van der Waals surface area contributed by atoms with Gasteiger partial charge in [0.2, 0.25) is 16.8 Å². The van der Waals surface area contributed by atoms with Gasteiger partial charge in [0, 0.05) is 29.7 Å². The molecule has 1 aliphatic heterocycles. The van der Waals surface area contributed by atoms with E-state index in [1.807, 2.05) is 0 Å². The van der Waals surface area contributed by atoms with Crippen molar-refractivity contribution < 1.29 is 33.3 Å². The lowest BCUT2D eigenvalue weighted by atomic mass is 9.87. The summed E-state index contributed by atoms with van der Waals surface area (Å²) in [5, 5.41) is 13.2. The molecule has 1 saturated heterocycles. The van der Waals surface area contributed by atoms with Gasteiger partial charge in [-0.2, -0.15) is 0 Å². The minimum atomic E-state index is -0.939. The van der Waals surface area contributed by atoms with E-state index >= 15 is 0 Å². The smallest absolute Gasteiger partial charge is 0.343 e. The van der Waals surface area contributed by atoms with Crippen LogP contribution in [0.15, 0.2) is 27.4 Å². The molecule has 0 unspecified atom stereocenters. The Bertz CT molecular complexity index is 1080. The van der Waals surface area contributed by atoms with E-state index in [0.29, 0.717) is 23.5 Å². The highest BCUT2D eigenvalue weighted by Crippen LogP contribution is 2.45. The standard InChI is InChI=1S/C22H25NO8S/c1-11-9-15(24)18(21(26)31-11)13(10-17(25)23-14-7-8-32-22(14)27)12-5-6-16(28-2)20(30-4)19(12)29-3/h5-6,9,13-14,24H,7-8,10H2,1-4H3,(H,23,25)/t13-,14-/m0/s1. The number of carbonyl (C=O) groups is 2. The average molecular weight is 464 g/mol. The minimum absolute atomic E-state index is 0.0941. The van der Waals surface area contributed by atoms with Crippen molar-refractivity contribution in [2.24, 2.45) is 0 Å². The zero-order valence-corrected chi connectivity index (χ0v) is 19.0. The van der Waals surface area contributed by atoms with Gasteiger partial charge in [0.1, 0.15) is 11.5 Å². The summed E-state index contributed by atoms with van der Waals surface area (Å²) in [5.41, 5.74) is -0.452. The maximum absolute atomic E-state index is 12.9. The fourth-order valence-corrected chi connectivity index (χ4v) is 4.69. The third-order valence-corrected chi connectivity index (χ3v) is 6.22. The second kappa shape index (κ2) is 9.99. The van der Waals surface area contributed by atoms with Crippen molar-refractivity contribution in [2.75, 3.05) is 27.1 Å². The summed E-state index contributed by atoms with van der Waals surface area (Å²) < 4.78 is 21.5. The molecular formula is C22H25NO8S. The molecule has 1 fully saturated rings. The first-order chi connectivity index (χ1) is 15.3. The van der Waals surface area contributed by atoms with Crippen molar-refractivity contribution in [2.45, 2.75) is 31.7 Å². The van der Waals surface area contributed by atoms with Crippen LogP contribution in [-0.4, -0.2) is 49.3 Å². The number of aromatic hydroxyl groups is 1. The average Bonchev–Trinajstić information content (AvgIpc) is 3.15. The number of carbonyl (C=O) groups excluding carboxylic acids is 2. The Morgan fingerprint density at radius 2 is 1.94 bits per heavy atom. The topological polar surface area (TPSA) is 124 Å². The van der Waals surface area contributed by atoms with E-state index in [4.69, 9.17) is 18.6 Å². The van der Waals surface area contributed by atoms with Gasteiger partial charge in [0.15, 0.2) is 11.5 Å². The van der Waals surface area contributed by atoms with Crippen LogP contribution in [0.4, 0.5) is 0 Å². The molecular weight excluding hydrogens is 438 g/mol. The summed E-state index contributed by atoms with van der Waals surface area (Å²) in [5.74, 6) is 0.0860. The van der Waals surface area contributed by atoms with E-state index in [-0.39, 0.29) is 40.1 Å². The maximum atomic E-state index is 12.9. The highest BCUT2D eigenvalue weighted by atomic mass is 32.2. The van der Waals surface area contributed by atoms with Gasteiger partial charge in [0.05, 0.1) is 32.9 Å². The number of nitrogens with one attached hydrogen (secondary N) is 1. The lowest BCUT2D eigenvalue weighted by Crippen LogP contribution is -2.38. The van der Waals surface area contributed by atoms with Gasteiger partial charge in [-0.3, -0.25) is 9.59 Å². The van der Waals surface area contributed by atoms with Crippen LogP contribution in [0.25, 0.3) is 0 Å². The SMILES string of the molecule is COc1ccc([C@H](CC(=O)N[C@H]2CCSC2=O)c2c(O)cc(C)oc2=O)c(OC)c1OC. The zero-order valence-electron chi connectivity index (χ0n) is 18.2. The molecule has 0 bridgehead atoms. The van der Waals surface area contributed by atoms with E-state index in [1.165, 1.54) is 46.1 Å². The molecule has 1 aromatic heterocycles. The molecule has 2 heterocycles. The Hall–Kier alpha value is -3.14. The molecule has 0 aliphatic carbocycles. The van der Waals surface area contributed by atoms with Gasteiger partial charge in [0.25, 0.3) is 0 Å². The Morgan fingerprint density at radius 1 is 1.22 bits per heavy atom. The number of methoxy groups -OCH3 is 3. The molecule has 2 aromatic rings. The number of hydrogen-bond donors (Lipinski definition) is 2. The van der Waals surface area contributed by atoms with Crippen LogP contribution in [0.1, 0.15) is 35.6 Å². The molecule has 1 aromatic carbocycles. The number of hydrogen-bond acceptors (Lipinski definition) is 9. The van der Waals surface area contributed by atoms with Crippen LogP contribution >= 0.6 is 11.8 Å². The second-order valence-corrected chi connectivity index (χ2v) is 8.30. The fraction of sp³-hybridized carbons (Fsp3) is 0.409.